The Hall–Kier alpha value is -0.810. The van der Waals surface area contributed by atoms with Crippen molar-refractivity contribution in [3.63, 3.8) is 0 Å². The Kier molecular flexibility index (Phi) is 5.95. The van der Waals surface area contributed by atoms with Crippen LogP contribution in [0.2, 0.25) is 0 Å². The van der Waals surface area contributed by atoms with Gasteiger partial charge in [-0.25, -0.2) is 4.79 Å². The quantitative estimate of drug-likeness (QED) is 0.763. The van der Waals surface area contributed by atoms with Crippen molar-refractivity contribution in [1.82, 2.24) is 10.2 Å². The van der Waals surface area contributed by atoms with Crippen LogP contribution in [0.15, 0.2) is 0 Å². The van der Waals surface area contributed by atoms with Crippen LogP contribution in [0.3, 0.4) is 0 Å². The van der Waals surface area contributed by atoms with Crippen LogP contribution in [0.4, 0.5) is 4.79 Å². The molecule has 1 heterocycles. The SMILES string of the molecule is CC1CN(C(=O)OC(C)(C)C)CCC1NCCCC1(O)CCC1. The lowest BCUT2D eigenvalue weighted by Gasteiger charge is -2.39. The number of hydrogen-bond acceptors (Lipinski definition) is 4. The predicted octanol–water partition coefficient (Wildman–Crippen LogP) is 2.92. The molecule has 23 heavy (non-hydrogen) atoms. The molecule has 2 unspecified atom stereocenters. The van der Waals surface area contributed by atoms with Crippen molar-refractivity contribution in [3.05, 3.63) is 0 Å². The van der Waals surface area contributed by atoms with E-state index in [9.17, 15) is 9.90 Å². The number of piperidine rings is 1. The third kappa shape index (κ3) is 5.64. The number of hydrogen-bond donors (Lipinski definition) is 2. The molecule has 5 nitrogen and oxygen atoms in total. The van der Waals surface area contributed by atoms with E-state index in [-0.39, 0.29) is 11.7 Å². The van der Waals surface area contributed by atoms with Crippen LogP contribution in [0.25, 0.3) is 0 Å². The predicted molar refractivity (Wildman–Crippen MR) is 91.4 cm³/mol. The Bertz CT molecular complexity index is 402. The zero-order valence-corrected chi connectivity index (χ0v) is 15.2. The maximum absolute atomic E-state index is 12.1. The number of aliphatic hydroxyl groups is 1. The van der Waals surface area contributed by atoms with E-state index in [1.807, 2.05) is 25.7 Å². The van der Waals surface area contributed by atoms with E-state index in [2.05, 4.69) is 12.2 Å². The van der Waals surface area contributed by atoms with E-state index in [0.717, 1.165) is 51.7 Å². The Morgan fingerprint density at radius 3 is 2.61 bits per heavy atom. The molecule has 0 spiro atoms. The van der Waals surface area contributed by atoms with Gasteiger partial charge < -0.3 is 20.1 Å². The average molecular weight is 326 g/mol. The van der Waals surface area contributed by atoms with Gasteiger partial charge in [0.25, 0.3) is 0 Å². The molecule has 1 aliphatic carbocycles. The van der Waals surface area contributed by atoms with Gasteiger partial charge in [-0.3, -0.25) is 0 Å². The van der Waals surface area contributed by atoms with E-state index in [4.69, 9.17) is 4.74 Å². The minimum atomic E-state index is -0.433. The van der Waals surface area contributed by atoms with Crippen LogP contribution >= 0.6 is 0 Å². The van der Waals surface area contributed by atoms with Gasteiger partial charge in [0.05, 0.1) is 5.60 Å². The topological polar surface area (TPSA) is 61.8 Å². The highest BCUT2D eigenvalue weighted by atomic mass is 16.6. The van der Waals surface area contributed by atoms with Gasteiger partial charge in [-0.15, -0.1) is 0 Å². The number of amides is 1. The van der Waals surface area contributed by atoms with Crippen LogP contribution in [0.5, 0.6) is 0 Å². The fourth-order valence-corrected chi connectivity index (χ4v) is 3.48. The summed E-state index contributed by atoms with van der Waals surface area (Å²) in [5.74, 6) is 0.419. The smallest absolute Gasteiger partial charge is 0.410 e. The monoisotopic (exact) mass is 326 g/mol. The Labute approximate surface area is 140 Å². The summed E-state index contributed by atoms with van der Waals surface area (Å²) >= 11 is 0. The molecule has 134 valence electrons. The molecule has 1 saturated carbocycles. The number of rotatable bonds is 5. The lowest BCUT2D eigenvalue weighted by molar-refractivity contribution is -0.0417. The lowest BCUT2D eigenvalue weighted by Crippen LogP contribution is -2.51. The van der Waals surface area contributed by atoms with Gasteiger partial charge in [-0.05, 0) is 71.8 Å². The molecule has 0 aromatic heterocycles. The lowest BCUT2D eigenvalue weighted by atomic mass is 9.77. The summed E-state index contributed by atoms with van der Waals surface area (Å²) in [6.45, 7) is 10.3. The fraction of sp³-hybridized carbons (Fsp3) is 0.944. The summed E-state index contributed by atoms with van der Waals surface area (Å²) < 4.78 is 5.45. The van der Waals surface area contributed by atoms with Crippen LogP contribution in [0, 0.1) is 5.92 Å². The first-order chi connectivity index (χ1) is 10.7. The van der Waals surface area contributed by atoms with Gasteiger partial charge in [-0.1, -0.05) is 6.92 Å². The molecule has 1 amide bonds. The van der Waals surface area contributed by atoms with Crippen molar-refractivity contribution in [2.45, 2.75) is 83.5 Å². The molecule has 2 atom stereocenters. The van der Waals surface area contributed by atoms with Crippen molar-refractivity contribution in [3.8, 4) is 0 Å². The van der Waals surface area contributed by atoms with Gasteiger partial charge >= 0.3 is 6.09 Å². The zero-order valence-electron chi connectivity index (χ0n) is 15.2. The van der Waals surface area contributed by atoms with E-state index in [0.29, 0.717) is 12.0 Å². The van der Waals surface area contributed by atoms with Crippen molar-refractivity contribution in [2.75, 3.05) is 19.6 Å². The van der Waals surface area contributed by atoms with Crippen molar-refractivity contribution >= 4 is 6.09 Å². The number of carbonyl (C=O) groups excluding carboxylic acids is 1. The molecule has 0 aromatic carbocycles. The molecule has 2 N–H and O–H groups in total. The third-order valence-corrected chi connectivity index (χ3v) is 5.07. The van der Waals surface area contributed by atoms with Crippen LogP contribution < -0.4 is 5.32 Å². The molecular formula is C18H34N2O3. The van der Waals surface area contributed by atoms with Gasteiger partial charge in [-0.2, -0.15) is 0 Å². The van der Waals surface area contributed by atoms with Crippen LogP contribution in [0.1, 0.15) is 66.2 Å². The Morgan fingerprint density at radius 1 is 1.39 bits per heavy atom. The van der Waals surface area contributed by atoms with Crippen LogP contribution in [-0.4, -0.2) is 53.0 Å². The average Bonchev–Trinajstić information content (AvgIpc) is 2.41. The number of likely N-dealkylation sites (tertiary alicyclic amines) is 1. The van der Waals surface area contributed by atoms with Crippen molar-refractivity contribution in [1.29, 1.82) is 0 Å². The van der Waals surface area contributed by atoms with Gasteiger partial charge in [0.1, 0.15) is 5.60 Å². The first kappa shape index (κ1) is 18.5. The molecule has 0 bridgehead atoms. The van der Waals surface area contributed by atoms with E-state index in [1.54, 1.807) is 0 Å². The Morgan fingerprint density at radius 2 is 2.09 bits per heavy atom. The molecule has 2 aliphatic rings. The summed E-state index contributed by atoms with van der Waals surface area (Å²) in [6, 6.07) is 0.449. The van der Waals surface area contributed by atoms with Gasteiger partial charge in [0.2, 0.25) is 0 Å². The van der Waals surface area contributed by atoms with Crippen molar-refractivity contribution < 1.29 is 14.6 Å². The standard InChI is InChI=1S/C18H34N2O3/c1-14-13-20(16(21)23-17(2,3)4)12-7-15(14)19-11-6-10-18(22)8-5-9-18/h14-15,19,22H,5-13H2,1-4H3. The van der Waals surface area contributed by atoms with Gasteiger partial charge in [0.15, 0.2) is 0 Å². The molecule has 2 fully saturated rings. The minimum absolute atomic E-state index is 0.199. The maximum Gasteiger partial charge on any atom is 0.410 e. The summed E-state index contributed by atoms with van der Waals surface area (Å²) in [5, 5.41) is 13.7. The maximum atomic E-state index is 12.1. The second kappa shape index (κ2) is 7.39. The highest BCUT2D eigenvalue weighted by molar-refractivity contribution is 5.68. The molecule has 1 saturated heterocycles. The Balaban J connectivity index is 1.66. The first-order valence-corrected chi connectivity index (χ1v) is 9.12. The minimum Gasteiger partial charge on any atom is -0.444 e. The fourth-order valence-electron chi connectivity index (χ4n) is 3.48. The molecule has 0 aromatic rings. The van der Waals surface area contributed by atoms with E-state index < -0.39 is 5.60 Å². The second-order valence-electron chi connectivity index (χ2n) is 8.43. The highest BCUT2D eigenvalue weighted by Crippen LogP contribution is 2.35. The summed E-state index contributed by atoms with van der Waals surface area (Å²) in [7, 11) is 0. The third-order valence-electron chi connectivity index (χ3n) is 5.07. The second-order valence-corrected chi connectivity index (χ2v) is 8.43. The van der Waals surface area contributed by atoms with Crippen LogP contribution in [-0.2, 0) is 4.74 Å². The van der Waals surface area contributed by atoms with E-state index >= 15 is 0 Å². The molecule has 0 radical (unpaired) electrons. The number of carbonyl (C=O) groups is 1. The summed E-state index contributed by atoms with van der Waals surface area (Å²) in [4.78, 5) is 14.0. The normalized spacial score (nSPS) is 27.4. The summed E-state index contributed by atoms with van der Waals surface area (Å²) in [5.41, 5.74) is -0.801. The number of ether oxygens (including phenoxy) is 1. The summed E-state index contributed by atoms with van der Waals surface area (Å²) in [6.07, 6.45) is 5.81. The largest absolute Gasteiger partial charge is 0.444 e. The number of nitrogens with one attached hydrogen (secondary N) is 1. The molecule has 1 aliphatic heterocycles. The van der Waals surface area contributed by atoms with E-state index in [1.165, 1.54) is 6.42 Å². The molecule has 2 rings (SSSR count). The number of nitrogens with zero attached hydrogens (tertiary/aromatic N) is 1. The zero-order chi connectivity index (χ0) is 17.1. The van der Waals surface area contributed by atoms with Crippen molar-refractivity contribution in [2.24, 2.45) is 5.92 Å². The molecular weight excluding hydrogens is 292 g/mol. The van der Waals surface area contributed by atoms with Gasteiger partial charge in [0, 0.05) is 19.1 Å². The first-order valence-electron chi connectivity index (χ1n) is 9.12. The molecule has 5 heteroatoms. The highest BCUT2D eigenvalue weighted by Gasteiger charge is 2.34.